The molecule has 0 aliphatic carbocycles. The van der Waals surface area contributed by atoms with E-state index in [2.05, 4.69) is 62.4 Å². The van der Waals surface area contributed by atoms with E-state index < -0.39 is 0 Å². The second kappa shape index (κ2) is 4.57. The third kappa shape index (κ3) is 1.99. The molecule has 0 aliphatic heterocycles. The van der Waals surface area contributed by atoms with Crippen LogP contribution in [0.4, 0.5) is 0 Å². The Kier molecular flexibility index (Phi) is 3.29. The average Bonchev–Trinajstić information content (AvgIpc) is 2.32. The molecule has 1 heteroatoms. The molecule has 0 saturated carbocycles. The van der Waals surface area contributed by atoms with E-state index in [1.165, 1.54) is 32.7 Å². The molecule has 0 fully saturated rings. The maximum atomic E-state index is 2.30. The zero-order valence-corrected chi connectivity index (χ0v) is 10.6. The Labute approximate surface area is 115 Å². The van der Waals surface area contributed by atoms with Gasteiger partial charge in [0, 0.05) is 0 Å². The molecule has 80 valence electrons. The van der Waals surface area contributed by atoms with Crippen molar-refractivity contribution in [2.75, 3.05) is 0 Å². The van der Waals surface area contributed by atoms with Crippen molar-refractivity contribution >= 4 is 21.5 Å². The fourth-order valence-electron chi connectivity index (χ4n) is 2.27. The summed E-state index contributed by atoms with van der Waals surface area (Å²) in [6, 6.07) is 17.5. The van der Waals surface area contributed by atoms with Crippen LogP contribution in [0.1, 0.15) is 12.6 Å². The van der Waals surface area contributed by atoms with Crippen LogP contribution in [-0.2, 0) is 0 Å². The van der Waals surface area contributed by atoms with Crippen molar-refractivity contribution in [1.82, 2.24) is 0 Å². The van der Waals surface area contributed by atoms with Crippen LogP contribution in [0.15, 0.2) is 48.5 Å². The number of benzene rings is 3. The molecule has 0 heterocycles. The van der Waals surface area contributed by atoms with E-state index in [0.29, 0.717) is 0 Å². The normalized spacial score (nSPS) is 10.5. The second-order valence-electron chi connectivity index (χ2n) is 4.43. The van der Waals surface area contributed by atoms with Gasteiger partial charge in [-0.2, -0.15) is 0 Å². The molecule has 3 aromatic rings. The maximum absolute atomic E-state index is 2.30. The van der Waals surface area contributed by atoms with Crippen LogP contribution in [0.5, 0.6) is 0 Å². The van der Waals surface area contributed by atoms with Gasteiger partial charge >= 0.3 is 18.9 Å². The summed E-state index contributed by atoms with van der Waals surface area (Å²) < 4.78 is 0. The smallest absolute Gasteiger partial charge is 1.00 e. The van der Waals surface area contributed by atoms with Crippen LogP contribution in [0.25, 0.3) is 21.5 Å². The van der Waals surface area contributed by atoms with E-state index in [-0.39, 0.29) is 20.3 Å². The Balaban J connectivity index is 0.000000810. The standard InChI is InChI=1S/C16H14.Li.H/c1-11-7-8-15-9-13-5-3-4-6-14(13)10-16(15)12(11)2;;/h3-10H,1-2H3;;/q;+1;-1. The first-order valence-corrected chi connectivity index (χ1v) is 5.64. The molecular formula is C16H15Li. The Morgan fingerprint density at radius 3 is 2.12 bits per heavy atom. The van der Waals surface area contributed by atoms with Crippen LogP contribution in [0, 0.1) is 13.8 Å². The molecule has 0 bridgehead atoms. The molecule has 0 amide bonds. The van der Waals surface area contributed by atoms with E-state index in [0.717, 1.165) is 0 Å². The minimum Gasteiger partial charge on any atom is -1.00 e. The summed E-state index contributed by atoms with van der Waals surface area (Å²) in [5.41, 5.74) is 2.76. The first kappa shape index (κ1) is 12.2. The molecule has 0 saturated heterocycles. The van der Waals surface area contributed by atoms with Crippen LogP contribution in [-0.4, -0.2) is 0 Å². The Morgan fingerprint density at radius 2 is 1.41 bits per heavy atom. The first-order valence-electron chi connectivity index (χ1n) is 5.64. The first-order chi connectivity index (χ1) is 7.75. The summed E-state index contributed by atoms with van der Waals surface area (Å²) in [6.45, 7) is 4.37. The Hall–Kier alpha value is -1.22. The van der Waals surface area contributed by atoms with Gasteiger partial charge < -0.3 is 1.43 Å². The summed E-state index contributed by atoms with van der Waals surface area (Å²) in [4.78, 5) is 0. The Bertz CT molecular complexity index is 689. The molecule has 0 radical (unpaired) electrons. The molecule has 17 heavy (non-hydrogen) atoms. The molecule has 3 aromatic carbocycles. The van der Waals surface area contributed by atoms with Gasteiger partial charge in [0.25, 0.3) is 0 Å². The molecule has 0 atom stereocenters. The van der Waals surface area contributed by atoms with Gasteiger partial charge in [0.05, 0.1) is 0 Å². The molecule has 0 spiro atoms. The van der Waals surface area contributed by atoms with Crippen molar-refractivity contribution < 1.29 is 20.3 Å². The van der Waals surface area contributed by atoms with Gasteiger partial charge in [-0.3, -0.25) is 0 Å². The van der Waals surface area contributed by atoms with Crippen molar-refractivity contribution in [3.8, 4) is 0 Å². The van der Waals surface area contributed by atoms with Gasteiger partial charge in [0.2, 0.25) is 0 Å². The Morgan fingerprint density at radius 1 is 0.765 bits per heavy atom. The van der Waals surface area contributed by atoms with Crippen LogP contribution >= 0.6 is 0 Å². The zero-order chi connectivity index (χ0) is 11.1. The molecule has 0 nitrogen and oxygen atoms in total. The average molecular weight is 214 g/mol. The number of rotatable bonds is 0. The minimum atomic E-state index is 0. The summed E-state index contributed by atoms with van der Waals surface area (Å²) in [5.74, 6) is 0. The van der Waals surface area contributed by atoms with Gasteiger partial charge in [-0.05, 0) is 58.7 Å². The molecule has 3 rings (SSSR count). The molecule has 0 aliphatic rings. The SMILES string of the molecule is Cc1ccc2cc3ccccc3cc2c1C.[H-].[Li+]. The van der Waals surface area contributed by atoms with Gasteiger partial charge in [0.1, 0.15) is 0 Å². The monoisotopic (exact) mass is 214 g/mol. The third-order valence-electron chi connectivity index (χ3n) is 3.43. The summed E-state index contributed by atoms with van der Waals surface area (Å²) >= 11 is 0. The largest absolute Gasteiger partial charge is 1.00 e. The van der Waals surface area contributed by atoms with Gasteiger partial charge in [0.15, 0.2) is 0 Å². The third-order valence-corrected chi connectivity index (χ3v) is 3.43. The van der Waals surface area contributed by atoms with Gasteiger partial charge in [-0.1, -0.05) is 36.4 Å². The van der Waals surface area contributed by atoms with Crippen LogP contribution in [0.2, 0.25) is 0 Å². The number of hydrogen-bond donors (Lipinski definition) is 0. The topological polar surface area (TPSA) is 0 Å². The van der Waals surface area contributed by atoms with Crippen molar-refractivity contribution in [2.45, 2.75) is 13.8 Å². The number of fused-ring (bicyclic) bond motifs is 2. The van der Waals surface area contributed by atoms with E-state index in [4.69, 9.17) is 0 Å². The van der Waals surface area contributed by atoms with Crippen molar-refractivity contribution in [3.05, 3.63) is 59.7 Å². The molecule has 0 N–H and O–H groups in total. The fourth-order valence-corrected chi connectivity index (χ4v) is 2.27. The summed E-state index contributed by atoms with van der Waals surface area (Å²) in [7, 11) is 0. The minimum absolute atomic E-state index is 0. The van der Waals surface area contributed by atoms with E-state index in [1.54, 1.807) is 0 Å². The van der Waals surface area contributed by atoms with Crippen molar-refractivity contribution in [1.29, 1.82) is 0 Å². The van der Waals surface area contributed by atoms with Crippen molar-refractivity contribution in [2.24, 2.45) is 0 Å². The van der Waals surface area contributed by atoms with E-state index >= 15 is 0 Å². The van der Waals surface area contributed by atoms with Crippen LogP contribution < -0.4 is 18.9 Å². The zero-order valence-electron chi connectivity index (χ0n) is 11.6. The second-order valence-corrected chi connectivity index (χ2v) is 4.43. The number of hydrogen-bond acceptors (Lipinski definition) is 0. The van der Waals surface area contributed by atoms with Gasteiger partial charge in [-0.15, -0.1) is 0 Å². The predicted molar refractivity (Wildman–Crippen MR) is 72.0 cm³/mol. The molecule has 0 aromatic heterocycles. The van der Waals surface area contributed by atoms with Crippen LogP contribution in [0.3, 0.4) is 0 Å². The predicted octanol–water partition coefficient (Wildman–Crippen LogP) is 1.73. The van der Waals surface area contributed by atoms with Gasteiger partial charge in [-0.25, -0.2) is 0 Å². The summed E-state index contributed by atoms with van der Waals surface area (Å²) in [5, 5.41) is 5.35. The summed E-state index contributed by atoms with van der Waals surface area (Å²) in [6.07, 6.45) is 0. The molecule has 0 unspecified atom stereocenters. The molecular weight excluding hydrogens is 199 g/mol. The number of aryl methyl sites for hydroxylation is 2. The van der Waals surface area contributed by atoms with Crippen molar-refractivity contribution in [3.63, 3.8) is 0 Å². The fraction of sp³-hybridized carbons (Fsp3) is 0.125. The quantitative estimate of drug-likeness (QED) is 0.395. The van der Waals surface area contributed by atoms with E-state index in [1.807, 2.05) is 0 Å². The maximum Gasteiger partial charge on any atom is 1.00 e. The van der Waals surface area contributed by atoms with E-state index in [9.17, 15) is 0 Å².